The van der Waals surface area contributed by atoms with E-state index in [1.54, 1.807) is 18.2 Å². The van der Waals surface area contributed by atoms with Gasteiger partial charge in [0.15, 0.2) is 0 Å². The Balaban J connectivity index is 1.37. The molecule has 3 N–H and O–H groups in total. The normalized spacial score (nSPS) is 19.1. The SMILES string of the molecule is CC(C)CCNC(=O)[C@H]1CC[C@H](NS(=O)(=O)c2ccc3[nH]c(-c4ccccc4)nc3c2)CC1. The molecule has 1 amide bonds. The first-order chi connectivity index (χ1) is 15.8. The number of amides is 1. The number of nitrogens with one attached hydrogen (secondary N) is 3. The van der Waals surface area contributed by atoms with E-state index in [1.165, 1.54) is 0 Å². The third-order valence-electron chi connectivity index (χ3n) is 6.25. The van der Waals surface area contributed by atoms with Gasteiger partial charge < -0.3 is 10.3 Å². The van der Waals surface area contributed by atoms with Crippen molar-refractivity contribution in [2.24, 2.45) is 11.8 Å². The van der Waals surface area contributed by atoms with Crippen LogP contribution in [0.2, 0.25) is 0 Å². The van der Waals surface area contributed by atoms with E-state index >= 15 is 0 Å². The molecule has 0 unspecified atom stereocenters. The van der Waals surface area contributed by atoms with Gasteiger partial charge in [0.2, 0.25) is 15.9 Å². The molecule has 176 valence electrons. The van der Waals surface area contributed by atoms with E-state index in [2.05, 4.69) is 33.9 Å². The average Bonchev–Trinajstić information content (AvgIpc) is 3.23. The van der Waals surface area contributed by atoms with Crippen molar-refractivity contribution in [1.82, 2.24) is 20.0 Å². The molecule has 7 nitrogen and oxygen atoms in total. The van der Waals surface area contributed by atoms with Gasteiger partial charge >= 0.3 is 0 Å². The first-order valence-electron chi connectivity index (χ1n) is 11.7. The minimum atomic E-state index is -3.67. The molecule has 1 aliphatic carbocycles. The predicted octanol–water partition coefficient (Wildman–Crippen LogP) is 4.23. The molecule has 33 heavy (non-hydrogen) atoms. The minimum Gasteiger partial charge on any atom is -0.356 e. The molecule has 1 heterocycles. The highest BCUT2D eigenvalue weighted by atomic mass is 32.2. The van der Waals surface area contributed by atoms with E-state index < -0.39 is 10.0 Å². The fraction of sp³-hybridized carbons (Fsp3) is 0.440. The van der Waals surface area contributed by atoms with E-state index in [0.717, 1.165) is 17.5 Å². The Kier molecular flexibility index (Phi) is 7.14. The summed E-state index contributed by atoms with van der Waals surface area (Å²) in [6.45, 7) is 4.97. The maximum absolute atomic E-state index is 13.0. The van der Waals surface area contributed by atoms with Crippen molar-refractivity contribution in [1.29, 1.82) is 0 Å². The molecule has 0 saturated heterocycles. The first-order valence-corrected chi connectivity index (χ1v) is 13.2. The van der Waals surface area contributed by atoms with Crippen molar-refractivity contribution in [3.8, 4) is 11.4 Å². The largest absolute Gasteiger partial charge is 0.356 e. The number of imidazole rings is 1. The van der Waals surface area contributed by atoms with Crippen molar-refractivity contribution in [2.75, 3.05) is 6.54 Å². The second kappa shape index (κ2) is 10.1. The Bertz CT molecular complexity index is 1200. The van der Waals surface area contributed by atoms with Gasteiger partial charge in [0.1, 0.15) is 5.82 Å². The van der Waals surface area contributed by atoms with Crippen LogP contribution in [0.25, 0.3) is 22.4 Å². The number of carbonyl (C=O) groups is 1. The summed E-state index contributed by atoms with van der Waals surface area (Å²) in [6.07, 6.45) is 3.67. The summed E-state index contributed by atoms with van der Waals surface area (Å²) in [4.78, 5) is 20.4. The highest BCUT2D eigenvalue weighted by Gasteiger charge is 2.29. The van der Waals surface area contributed by atoms with Crippen LogP contribution in [-0.4, -0.2) is 36.9 Å². The van der Waals surface area contributed by atoms with Gasteiger partial charge in [-0.3, -0.25) is 4.79 Å². The molecule has 1 fully saturated rings. The molecule has 1 saturated carbocycles. The van der Waals surface area contributed by atoms with Crippen LogP contribution in [-0.2, 0) is 14.8 Å². The fourth-order valence-electron chi connectivity index (χ4n) is 4.27. The lowest BCUT2D eigenvalue weighted by atomic mass is 9.86. The van der Waals surface area contributed by atoms with Crippen molar-refractivity contribution < 1.29 is 13.2 Å². The number of carbonyl (C=O) groups excluding carboxylic acids is 1. The molecular formula is C25H32N4O3S. The molecule has 1 aliphatic rings. The smallest absolute Gasteiger partial charge is 0.240 e. The zero-order chi connectivity index (χ0) is 23.4. The van der Waals surface area contributed by atoms with Crippen molar-refractivity contribution in [3.63, 3.8) is 0 Å². The highest BCUT2D eigenvalue weighted by Crippen LogP contribution is 2.27. The molecule has 3 aromatic rings. The van der Waals surface area contributed by atoms with Crippen LogP contribution in [0, 0.1) is 11.8 Å². The predicted molar refractivity (Wildman–Crippen MR) is 130 cm³/mol. The fourth-order valence-corrected chi connectivity index (χ4v) is 5.60. The third-order valence-corrected chi connectivity index (χ3v) is 7.77. The molecule has 4 rings (SSSR count). The van der Waals surface area contributed by atoms with Gasteiger partial charge in [0.25, 0.3) is 0 Å². The van der Waals surface area contributed by atoms with E-state index in [1.807, 2.05) is 30.3 Å². The number of hydrogen-bond donors (Lipinski definition) is 3. The van der Waals surface area contributed by atoms with Crippen LogP contribution in [0.4, 0.5) is 0 Å². The number of hydrogen-bond acceptors (Lipinski definition) is 4. The van der Waals surface area contributed by atoms with Gasteiger partial charge in [0, 0.05) is 24.1 Å². The molecule has 0 aliphatic heterocycles. The van der Waals surface area contributed by atoms with Crippen LogP contribution < -0.4 is 10.0 Å². The van der Waals surface area contributed by atoms with E-state index in [0.29, 0.717) is 49.5 Å². The number of rotatable bonds is 8. The van der Waals surface area contributed by atoms with Gasteiger partial charge in [-0.15, -0.1) is 0 Å². The summed E-state index contributed by atoms with van der Waals surface area (Å²) >= 11 is 0. The summed E-state index contributed by atoms with van der Waals surface area (Å²) in [5.74, 6) is 1.32. The second-order valence-corrected chi connectivity index (χ2v) is 11.0. The second-order valence-electron chi connectivity index (χ2n) is 9.27. The molecular weight excluding hydrogens is 436 g/mol. The lowest BCUT2D eigenvalue weighted by Crippen LogP contribution is -2.41. The number of benzene rings is 2. The van der Waals surface area contributed by atoms with Gasteiger partial charge in [-0.25, -0.2) is 18.1 Å². The standard InChI is InChI=1S/C25H32N4O3S/c1-17(2)14-15-26-25(30)19-8-10-20(11-9-19)29-33(31,32)21-12-13-22-23(16-21)28-24(27-22)18-6-4-3-5-7-18/h3-7,12-13,16-17,19-20,29H,8-11,14-15H2,1-2H3,(H,26,30)(H,27,28)/t19-,20-. The Morgan fingerprint density at radius 2 is 1.82 bits per heavy atom. The van der Waals surface area contributed by atoms with Gasteiger partial charge in [0.05, 0.1) is 15.9 Å². The van der Waals surface area contributed by atoms with Crippen LogP contribution in [0.15, 0.2) is 53.4 Å². The number of fused-ring (bicyclic) bond motifs is 1. The average molecular weight is 469 g/mol. The van der Waals surface area contributed by atoms with Gasteiger partial charge in [-0.1, -0.05) is 44.2 Å². The molecule has 2 aromatic carbocycles. The maximum Gasteiger partial charge on any atom is 0.240 e. The van der Waals surface area contributed by atoms with Crippen molar-refractivity contribution in [3.05, 3.63) is 48.5 Å². The van der Waals surface area contributed by atoms with Crippen molar-refractivity contribution >= 4 is 27.0 Å². The quantitative estimate of drug-likeness (QED) is 0.460. The third kappa shape index (κ3) is 5.81. The van der Waals surface area contributed by atoms with Gasteiger partial charge in [-0.2, -0.15) is 0 Å². The Morgan fingerprint density at radius 1 is 1.09 bits per heavy atom. The summed E-state index contributed by atoms with van der Waals surface area (Å²) in [6, 6.07) is 14.5. The summed E-state index contributed by atoms with van der Waals surface area (Å²) < 4.78 is 28.9. The molecule has 0 radical (unpaired) electrons. The number of sulfonamides is 1. The lowest BCUT2D eigenvalue weighted by Gasteiger charge is -2.28. The number of aromatic nitrogens is 2. The van der Waals surface area contributed by atoms with E-state index in [9.17, 15) is 13.2 Å². The number of H-pyrrole nitrogens is 1. The Labute approximate surface area is 195 Å². The molecule has 0 bridgehead atoms. The van der Waals surface area contributed by atoms with Crippen LogP contribution >= 0.6 is 0 Å². The Morgan fingerprint density at radius 3 is 2.52 bits per heavy atom. The number of aromatic amines is 1. The molecule has 0 atom stereocenters. The Hall–Kier alpha value is -2.71. The maximum atomic E-state index is 13.0. The molecule has 8 heteroatoms. The summed E-state index contributed by atoms with van der Waals surface area (Å²) in [7, 11) is -3.67. The van der Waals surface area contributed by atoms with Crippen LogP contribution in [0.3, 0.4) is 0 Å². The first kappa shape index (κ1) is 23.4. The van der Waals surface area contributed by atoms with E-state index in [4.69, 9.17) is 0 Å². The van der Waals surface area contributed by atoms with Crippen LogP contribution in [0.1, 0.15) is 46.0 Å². The summed E-state index contributed by atoms with van der Waals surface area (Å²) in [5.41, 5.74) is 2.34. The lowest BCUT2D eigenvalue weighted by molar-refractivity contribution is -0.126. The number of nitrogens with zero attached hydrogens (tertiary/aromatic N) is 1. The van der Waals surface area contributed by atoms with Gasteiger partial charge in [-0.05, 0) is 56.2 Å². The van der Waals surface area contributed by atoms with Crippen LogP contribution in [0.5, 0.6) is 0 Å². The molecule has 0 spiro atoms. The van der Waals surface area contributed by atoms with E-state index in [-0.39, 0.29) is 22.8 Å². The highest BCUT2D eigenvalue weighted by molar-refractivity contribution is 7.89. The zero-order valence-electron chi connectivity index (χ0n) is 19.2. The monoisotopic (exact) mass is 468 g/mol. The topological polar surface area (TPSA) is 104 Å². The summed E-state index contributed by atoms with van der Waals surface area (Å²) in [5, 5.41) is 3.02. The molecule has 1 aromatic heterocycles. The zero-order valence-corrected chi connectivity index (χ0v) is 20.0. The van der Waals surface area contributed by atoms with Crippen molar-refractivity contribution in [2.45, 2.75) is 56.9 Å². The minimum absolute atomic E-state index is 0.0327.